The van der Waals surface area contributed by atoms with Crippen LogP contribution in [0.5, 0.6) is 0 Å². The molecular formula is C48H39BN2S. The van der Waals surface area contributed by atoms with Gasteiger partial charge in [-0.3, -0.25) is 0 Å². The highest BCUT2D eigenvalue weighted by atomic mass is 32.1. The Morgan fingerprint density at radius 1 is 0.519 bits per heavy atom. The maximum Gasteiger partial charge on any atom is 0.333 e. The maximum atomic E-state index is 2.66. The highest BCUT2D eigenvalue weighted by Gasteiger charge is 2.44. The minimum Gasteiger partial charge on any atom is -0.376 e. The Kier molecular flexibility index (Phi) is 5.93. The van der Waals surface area contributed by atoms with E-state index in [2.05, 4.69) is 178 Å². The van der Waals surface area contributed by atoms with Crippen LogP contribution in [0.3, 0.4) is 0 Å². The summed E-state index contributed by atoms with van der Waals surface area (Å²) in [6.45, 7) is 13.9. The quantitative estimate of drug-likeness (QED) is 0.156. The van der Waals surface area contributed by atoms with Gasteiger partial charge in [0.1, 0.15) is 0 Å². The zero-order chi connectivity index (χ0) is 35.3. The Hall–Kier alpha value is -5.32. The molecule has 250 valence electrons. The van der Waals surface area contributed by atoms with Gasteiger partial charge in [0, 0.05) is 53.6 Å². The third kappa shape index (κ3) is 4.07. The monoisotopic (exact) mass is 686 g/mol. The van der Waals surface area contributed by atoms with Crippen molar-refractivity contribution in [3.8, 4) is 16.8 Å². The second-order valence-corrected chi connectivity index (χ2v) is 18.1. The van der Waals surface area contributed by atoms with Gasteiger partial charge in [-0.1, -0.05) is 120 Å². The number of aromatic nitrogens is 1. The summed E-state index contributed by atoms with van der Waals surface area (Å²) in [7, 11) is 0. The first-order chi connectivity index (χ1) is 25.0. The van der Waals surface area contributed by atoms with Crippen molar-refractivity contribution in [3.05, 3.63) is 139 Å². The highest BCUT2D eigenvalue weighted by Crippen LogP contribution is 2.48. The van der Waals surface area contributed by atoms with Gasteiger partial charge < -0.3 is 9.38 Å². The van der Waals surface area contributed by atoms with Gasteiger partial charge in [0.2, 0.25) is 0 Å². The first kappa shape index (κ1) is 30.3. The van der Waals surface area contributed by atoms with Gasteiger partial charge in [0.25, 0.3) is 0 Å². The van der Waals surface area contributed by atoms with Gasteiger partial charge in [-0.05, 0) is 97.7 Å². The number of rotatable bonds is 1. The molecule has 2 aromatic heterocycles. The van der Waals surface area contributed by atoms with Crippen LogP contribution in [-0.2, 0) is 10.8 Å². The predicted molar refractivity (Wildman–Crippen MR) is 228 cm³/mol. The van der Waals surface area contributed by atoms with Crippen LogP contribution in [0.25, 0.3) is 69.6 Å². The van der Waals surface area contributed by atoms with E-state index < -0.39 is 0 Å². The first-order valence-electron chi connectivity index (χ1n) is 18.5. The van der Waals surface area contributed by atoms with Crippen LogP contribution < -0.4 is 15.7 Å². The number of benzene rings is 7. The summed E-state index contributed by atoms with van der Waals surface area (Å²) in [4.78, 5) is 2.66. The van der Waals surface area contributed by atoms with E-state index in [0.29, 0.717) is 0 Å². The average Bonchev–Trinajstić information content (AvgIpc) is 3.66. The van der Waals surface area contributed by atoms with Crippen molar-refractivity contribution in [3.63, 3.8) is 0 Å². The van der Waals surface area contributed by atoms with E-state index in [-0.39, 0.29) is 17.7 Å². The maximum absolute atomic E-state index is 2.66. The Balaban J connectivity index is 1.31. The van der Waals surface area contributed by atoms with Crippen molar-refractivity contribution in [2.45, 2.75) is 52.4 Å². The summed E-state index contributed by atoms with van der Waals surface area (Å²) in [5.74, 6) is 0. The molecular weight excluding hydrogens is 647 g/mol. The third-order valence-electron chi connectivity index (χ3n) is 11.9. The SMILES string of the molecule is CC(C)(C)c1ccc(N2B3c4cc(C(C)(C)C)ccc4-n4c5cc6c(cc5c5ccc(c3c54)-c3cc4ccccc4cc32)sc2ccccc26)cc1. The molecule has 0 atom stereocenters. The van der Waals surface area contributed by atoms with Crippen LogP contribution in [0.1, 0.15) is 52.7 Å². The molecule has 0 aliphatic carbocycles. The van der Waals surface area contributed by atoms with E-state index in [1.807, 2.05) is 11.3 Å². The molecule has 4 heterocycles. The standard InChI is InChI=1S/C48H39BN2S/c1-47(2,3)30-15-18-32(19-16-30)51-42-24-29-12-8-7-11-28(29)23-36(42)34-20-21-35-37-27-44-38(33-13-9-10-14-43(33)52-44)26-41(37)50-40-22-17-31(48(4,5)6)25-39(40)49(51)45(34)46(35)50/h7-27H,1-6H3. The molecule has 0 spiro atoms. The van der Waals surface area contributed by atoms with Crippen LogP contribution >= 0.6 is 11.3 Å². The zero-order valence-electron chi connectivity index (χ0n) is 30.5. The fourth-order valence-electron chi connectivity index (χ4n) is 9.17. The number of nitrogens with zero attached hydrogens (tertiary/aromatic N) is 2. The van der Waals surface area contributed by atoms with Crippen LogP contribution in [0.2, 0.25) is 0 Å². The summed E-state index contributed by atoms with van der Waals surface area (Å²) in [5, 5.41) is 7.88. The van der Waals surface area contributed by atoms with Crippen molar-refractivity contribution in [1.29, 1.82) is 0 Å². The summed E-state index contributed by atoms with van der Waals surface area (Å²) in [6.07, 6.45) is 0. The molecule has 0 saturated heterocycles. The van der Waals surface area contributed by atoms with Crippen LogP contribution in [0.15, 0.2) is 127 Å². The minimum atomic E-state index is 0.00362. The Labute approximate surface area is 309 Å². The van der Waals surface area contributed by atoms with Crippen molar-refractivity contribution < 1.29 is 0 Å². The lowest BCUT2D eigenvalue weighted by Crippen LogP contribution is -2.60. The normalized spacial score (nSPS) is 13.9. The minimum absolute atomic E-state index is 0.00362. The van der Waals surface area contributed by atoms with E-state index in [9.17, 15) is 0 Å². The summed E-state index contributed by atoms with van der Waals surface area (Å²) >= 11 is 1.91. The molecule has 0 N–H and O–H groups in total. The van der Waals surface area contributed by atoms with Gasteiger partial charge in [-0.15, -0.1) is 11.3 Å². The zero-order valence-corrected chi connectivity index (χ0v) is 31.3. The van der Waals surface area contributed by atoms with Crippen molar-refractivity contribution in [2.24, 2.45) is 0 Å². The summed E-state index contributed by atoms with van der Waals surface area (Å²) < 4.78 is 5.31. The van der Waals surface area contributed by atoms with E-state index in [4.69, 9.17) is 0 Å². The number of hydrogen-bond acceptors (Lipinski definition) is 2. The summed E-state index contributed by atoms with van der Waals surface area (Å²) in [5.41, 5.74) is 14.6. The molecule has 0 radical (unpaired) electrons. The average molecular weight is 687 g/mol. The van der Waals surface area contributed by atoms with E-state index in [1.54, 1.807) is 0 Å². The highest BCUT2D eigenvalue weighted by molar-refractivity contribution is 7.25. The van der Waals surface area contributed by atoms with Gasteiger partial charge in [-0.2, -0.15) is 0 Å². The smallest absolute Gasteiger partial charge is 0.333 e. The molecule has 2 nitrogen and oxygen atoms in total. The molecule has 0 saturated carbocycles. The van der Waals surface area contributed by atoms with Gasteiger partial charge in [0.05, 0.1) is 11.0 Å². The molecule has 0 bridgehead atoms. The van der Waals surface area contributed by atoms with Crippen LogP contribution in [-0.4, -0.2) is 11.4 Å². The molecule has 0 amide bonds. The van der Waals surface area contributed by atoms with E-state index in [0.717, 1.165) is 0 Å². The third-order valence-corrected chi connectivity index (χ3v) is 13.0. The molecule has 2 aliphatic rings. The second kappa shape index (κ2) is 10.2. The predicted octanol–water partition coefficient (Wildman–Crippen LogP) is 12.1. The van der Waals surface area contributed by atoms with Crippen LogP contribution in [0.4, 0.5) is 11.4 Å². The van der Waals surface area contributed by atoms with Crippen LogP contribution in [0, 0.1) is 0 Å². The van der Waals surface area contributed by atoms with Crippen molar-refractivity contribution in [1.82, 2.24) is 4.57 Å². The second-order valence-electron chi connectivity index (χ2n) is 17.0. The Morgan fingerprint density at radius 3 is 2.00 bits per heavy atom. The molecule has 2 aliphatic heterocycles. The van der Waals surface area contributed by atoms with Crippen molar-refractivity contribution in [2.75, 3.05) is 4.81 Å². The number of fused-ring (bicyclic) bond motifs is 12. The molecule has 7 aromatic carbocycles. The first-order valence-corrected chi connectivity index (χ1v) is 19.4. The summed E-state index contributed by atoms with van der Waals surface area (Å²) in [6, 6.07) is 49.1. The largest absolute Gasteiger partial charge is 0.376 e. The van der Waals surface area contributed by atoms with Crippen molar-refractivity contribution >= 4 is 93.2 Å². The molecule has 0 unspecified atom stereocenters. The lowest BCUT2D eigenvalue weighted by Gasteiger charge is -2.42. The Morgan fingerprint density at radius 2 is 1.23 bits per heavy atom. The van der Waals surface area contributed by atoms with E-state index in [1.165, 1.54) is 103 Å². The number of anilines is 2. The fourth-order valence-corrected chi connectivity index (χ4v) is 10.3. The topological polar surface area (TPSA) is 8.17 Å². The molecule has 0 fully saturated rings. The fraction of sp³-hybridized carbons (Fsp3) is 0.167. The molecule has 11 rings (SSSR count). The van der Waals surface area contributed by atoms with Gasteiger partial charge in [0.15, 0.2) is 0 Å². The molecule has 52 heavy (non-hydrogen) atoms. The Bertz CT molecular complexity index is 2990. The van der Waals surface area contributed by atoms with Gasteiger partial charge >= 0.3 is 6.85 Å². The lowest BCUT2D eigenvalue weighted by atomic mass is 9.43. The number of thiophene rings is 1. The lowest BCUT2D eigenvalue weighted by molar-refractivity contribution is 0.590. The molecule has 9 aromatic rings. The number of hydrogen-bond donors (Lipinski definition) is 0. The molecule has 4 heteroatoms. The van der Waals surface area contributed by atoms with Gasteiger partial charge in [-0.25, -0.2) is 0 Å². The van der Waals surface area contributed by atoms with E-state index >= 15 is 0 Å².